The highest BCUT2D eigenvalue weighted by atomic mass is 35.5. The predicted molar refractivity (Wildman–Crippen MR) is 101 cm³/mol. The van der Waals surface area contributed by atoms with Gasteiger partial charge in [0.15, 0.2) is 5.69 Å². The number of carbonyl (C=O) groups excluding carboxylic acids is 1. The monoisotopic (exact) mass is 411 g/mol. The number of rotatable bonds is 2. The number of methoxy groups -OCH3 is 1. The van der Waals surface area contributed by atoms with Crippen LogP contribution in [0.25, 0.3) is 11.3 Å². The number of carbonyl (C=O) groups is 1. The standard InChI is InChI=1S/C19H17ClF3NO2Si/c1-26-18(25)17-15(20)7-8-16(24-17)14-6-5-13(19(21,22)23)11-12(14)9-10-27(2,3)4/h5-8,11H,1-4H3. The van der Waals surface area contributed by atoms with Gasteiger partial charge >= 0.3 is 12.1 Å². The summed E-state index contributed by atoms with van der Waals surface area (Å²) in [7, 11) is -0.638. The Hall–Kier alpha value is -2.30. The second-order valence-electron chi connectivity index (χ2n) is 6.78. The number of hydrogen-bond acceptors (Lipinski definition) is 3. The first kappa shape index (κ1) is 21.0. The average Bonchev–Trinajstić information content (AvgIpc) is 2.58. The van der Waals surface area contributed by atoms with Gasteiger partial charge in [-0.2, -0.15) is 13.2 Å². The molecular formula is C19H17ClF3NO2Si. The minimum Gasteiger partial charge on any atom is -0.464 e. The number of halogens is 4. The molecule has 0 saturated carbocycles. The summed E-state index contributed by atoms with van der Waals surface area (Å²) >= 11 is 5.97. The predicted octanol–water partition coefficient (Wildman–Crippen LogP) is 5.44. The van der Waals surface area contributed by atoms with Gasteiger partial charge in [-0.3, -0.25) is 0 Å². The van der Waals surface area contributed by atoms with Crippen LogP contribution in [0.1, 0.15) is 21.6 Å². The lowest BCUT2D eigenvalue weighted by Gasteiger charge is -2.12. The molecule has 1 aromatic carbocycles. The van der Waals surface area contributed by atoms with Crippen LogP contribution in [0.15, 0.2) is 30.3 Å². The maximum absolute atomic E-state index is 13.1. The Balaban J connectivity index is 2.69. The zero-order chi connectivity index (χ0) is 20.4. The quantitative estimate of drug-likeness (QED) is 0.375. The van der Waals surface area contributed by atoms with Crippen molar-refractivity contribution in [1.82, 2.24) is 4.98 Å². The molecule has 0 amide bonds. The molecule has 0 unspecified atom stereocenters. The first-order valence-electron chi connectivity index (χ1n) is 7.92. The molecule has 1 heterocycles. The minimum atomic E-state index is -4.49. The van der Waals surface area contributed by atoms with Crippen molar-refractivity contribution in [2.45, 2.75) is 25.8 Å². The van der Waals surface area contributed by atoms with Crippen molar-refractivity contribution in [2.24, 2.45) is 0 Å². The first-order chi connectivity index (χ1) is 12.4. The number of ether oxygens (including phenoxy) is 1. The third kappa shape index (κ3) is 5.34. The maximum Gasteiger partial charge on any atom is 0.416 e. The minimum absolute atomic E-state index is 0.0900. The molecule has 2 aromatic rings. The molecular weight excluding hydrogens is 395 g/mol. The van der Waals surface area contributed by atoms with Gasteiger partial charge in [0, 0.05) is 11.1 Å². The van der Waals surface area contributed by atoms with E-state index in [-0.39, 0.29) is 22.0 Å². The summed E-state index contributed by atoms with van der Waals surface area (Å²) in [5, 5.41) is 0.0900. The molecule has 0 saturated heterocycles. The lowest BCUT2D eigenvalue weighted by Crippen LogP contribution is -2.16. The number of benzene rings is 1. The van der Waals surface area contributed by atoms with Crippen molar-refractivity contribution in [3.63, 3.8) is 0 Å². The van der Waals surface area contributed by atoms with E-state index in [0.29, 0.717) is 5.56 Å². The normalized spacial score (nSPS) is 11.6. The Labute approximate surface area is 161 Å². The molecule has 0 aliphatic heterocycles. The van der Waals surface area contributed by atoms with Crippen LogP contribution in [-0.2, 0) is 10.9 Å². The highest BCUT2D eigenvalue weighted by Crippen LogP contribution is 2.33. The Kier molecular flexibility index (Phi) is 6.03. The van der Waals surface area contributed by atoms with E-state index in [9.17, 15) is 18.0 Å². The molecule has 0 spiro atoms. The van der Waals surface area contributed by atoms with Crippen LogP contribution in [0.4, 0.5) is 13.2 Å². The Bertz CT molecular complexity index is 941. The van der Waals surface area contributed by atoms with Crippen LogP contribution >= 0.6 is 11.6 Å². The van der Waals surface area contributed by atoms with Gasteiger partial charge in [0.2, 0.25) is 0 Å². The van der Waals surface area contributed by atoms with E-state index in [4.69, 9.17) is 11.6 Å². The van der Waals surface area contributed by atoms with Crippen molar-refractivity contribution < 1.29 is 22.7 Å². The van der Waals surface area contributed by atoms with E-state index in [1.807, 2.05) is 19.6 Å². The molecule has 27 heavy (non-hydrogen) atoms. The van der Waals surface area contributed by atoms with E-state index in [2.05, 4.69) is 21.2 Å². The van der Waals surface area contributed by atoms with Gasteiger partial charge in [0.05, 0.1) is 23.4 Å². The molecule has 0 radical (unpaired) electrons. The molecule has 0 aliphatic rings. The van der Waals surface area contributed by atoms with E-state index in [0.717, 1.165) is 12.1 Å². The number of pyridine rings is 1. The smallest absolute Gasteiger partial charge is 0.416 e. The maximum atomic E-state index is 13.1. The topological polar surface area (TPSA) is 39.2 Å². The molecule has 0 fully saturated rings. The number of esters is 1. The summed E-state index contributed by atoms with van der Waals surface area (Å²) in [6.45, 7) is 5.97. The summed E-state index contributed by atoms with van der Waals surface area (Å²) in [6, 6.07) is 6.23. The number of aromatic nitrogens is 1. The van der Waals surface area contributed by atoms with E-state index in [1.165, 1.54) is 25.3 Å². The Morgan fingerprint density at radius 3 is 2.41 bits per heavy atom. The van der Waals surface area contributed by atoms with E-state index >= 15 is 0 Å². The van der Waals surface area contributed by atoms with Crippen molar-refractivity contribution in [3.05, 3.63) is 52.2 Å². The molecule has 8 heteroatoms. The fourth-order valence-corrected chi connectivity index (χ4v) is 2.83. The summed E-state index contributed by atoms with van der Waals surface area (Å²) in [5.41, 5.74) is 3.02. The number of nitrogens with zero attached hydrogens (tertiary/aromatic N) is 1. The van der Waals surface area contributed by atoms with Crippen LogP contribution in [0.5, 0.6) is 0 Å². The number of alkyl halides is 3. The van der Waals surface area contributed by atoms with Gasteiger partial charge in [-0.1, -0.05) is 43.2 Å². The van der Waals surface area contributed by atoms with Crippen molar-refractivity contribution >= 4 is 25.6 Å². The lowest BCUT2D eigenvalue weighted by atomic mass is 10.0. The molecule has 0 N–H and O–H groups in total. The molecule has 0 bridgehead atoms. The SMILES string of the molecule is COC(=O)c1nc(-c2ccc(C(F)(F)F)cc2C#C[Si](C)(C)C)ccc1Cl. The Morgan fingerprint density at radius 1 is 1.19 bits per heavy atom. The second kappa shape index (κ2) is 7.75. The van der Waals surface area contributed by atoms with Gasteiger partial charge in [0.25, 0.3) is 0 Å². The van der Waals surface area contributed by atoms with Crippen LogP contribution in [0, 0.1) is 11.5 Å². The molecule has 0 aliphatic carbocycles. The number of hydrogen-bond donors (Lipinski definition) is 0. The van der Waals surface area contributed by atoms with E-state index < -0.39 is 25.8 Å². The fourth-order valence-electron chi connectivity index (χ4n) is 2.13. The Morgan fingerprint density at radius 2 is 1.85 bits per heavy atom. The molecule has 2 rings (SSSR count). The van der Waals surface area contributed by atoms with Crippen LogP contribution in [-0.4, -0.2) is 26.1 Å². The van der Waals surface area contributed by atoms with Gasteiger partial charge < -0.3 is 4.74 Å². The highest BCUT2D eigenvalue weighted by molar-refractivity contribution is 6.83. The van der Waals surface area contributed by atoms with Gasteiger partial charge in [-0.15, -0.1) is 5.54 Å². The largest absolute Gasteiger partial charge is 0.464 e. The molecule has 3 nitrogen and oxygen atoms in total. The summed E-state index contributed by atoms with van der Waals surface area (Å²) in [6.07, 6.45) is -4.49. The zero-order valence-electron chi connectivity index (χ0n) is 15.2. The van der Waals surface area contributed by atoms with Crippen molar-refractivity contribution in [1.29, 1.82) is 0 Å². The molecule has 142 valence electrons. The average molecular weight is 412 g/mol. The van der Waals surface area contributed by atoms with Crippen LogP contribution < -0.4 is 0 Å². The second-order valence-corrected chi connectivity index (χ2v) is 11.9. The highest BCUT2D eigenvalue weighted by Gasteiger charge is 2.31. The van der Waals surface area contributed by atoms with Crippen molar-refractivity contribution in [3.8, 4) is 22.7 Å². The van der Waals surface area contributed by atoms with Gasteiger partial charge in [0.1, 0.15) is 8.07 Å². The van der Waals surface area contributed by atoms with Crippen LogP contribution in [0.2, 0.25) is 24.7 Å². The summed E-state index contributed by atoms with van der Waals surface area (Å²) < 4.78 is 44.0. The van der Waals surface area contributed by atoms with Crippen molar-refractivity contribution in [2.75, 3.05) is 7.11 Å². The third-order valence-electron chi connectivity index (χ3n) is 3.42. The fraction of sp³-hybridized carbons (Fsp3) is 0.263. The van der Waals surface area contributed by atoms with E-state index in [1.54, 1.807) is 0 Å². The van der Waals surface area contributed by atoms with Crippen LogP contribution in [0.3, 0.4) is 0 Å². The molecule has 1 aromatic heterocycles. The molecule has 0 atom stereocenters. The first-order valence-corrected chi connectivity index (χ1v) is 11.8. The third-order valence-corrected chi connectivity index (χ3v) is 4.60. The lowest BCUT2D eigenvalue weighted by molar-refractivity contribution is -0.137. The summed E-state index contributed by atoms with van der Waals surface area (Å²) in [4.78, 5) is 16.0. The summed E-state index contributed by atoms with van der Waals surface area (Å²) in [5.74, 6) is 2.13. The van der Waals surface area contributed by atoms with Gasteiger partial charge in [-0.05, 0) is 24.3 Å². The van der Waals surface area contributed by atoms with Gasteiger partial charge in [-0.25, -0.2) is 9.78 Å². The zero-order valence-corrected chi connectivity index (χ0v) is 16.9.